The van der Waals surface area contributed by atoms with Crippen LogP contribution >= 0.6 is 15.9 Å². The van der Waals surface area contributed by atoms with Crippen LogP contribution in [0.25, 0.3) is 22.6 Å². The first-order valence-electron chi connectivity index (χ1n) is 8.77. The van der Waals surface area contributed by atoms with Crippen LogP contribution in [0.1, 0.15) is 10.4 Å². The van der Waals surface area contributed by atoms with E-state index in [-0.39, 0.29) is 5.91 Å². The van der Waals surface area contributed by atoms with Gasteiger partial charge in [-0.2, -0.15) is 0 Å². The quantitative estimate of drug-likeness (QED) is 0.431. The Morgan fingerprint density at radius 3 is 2.45 bits per heavy atom. The van der Waals surface area contributed by atoms with E-state index in [1.165, 1.54) is 0 Å². The largest absolute Gasteiger partial charge is 0.493 e. The van der Waals surface area contributed by atoms with Crippen LogP contribution in [-0.4, -0.2) is 25.1 Å². The Morgan fingerprint density at radius 1 is 0.966 bits per heavy atom. The van der Waals surface area contributed by atoms with Crippen LogP contribution in [0.5, 0.6) is 11.5 Å². The smallest absolute Gasteiger partial charge is 0.255 e. The second-order valence-electron chi connectivity index (χ2n) is 6.23. The summed E-state index contributed by atoms with van der Waals surface area (Å²) in [6.45, 7) is 0. The highest BCUT2D eigenvalue weighted by Gasteiger charge is 2.13. The number of carbonyl (C=O) groups excluding carboxylic acids is 1. The van der Waals surface area contributed by atoms with Gasteiger partial charge in [0.1, 0.15) is 5.52 Å². The third-order valence-corrected chi connectivity index (χ3v) is 4.91. The molecule has 6 nitrogen and oxygen atoms in total. The summed E-state index contributed by atoms with van der Waals surface area (Å²) < 4.78 is 17.4. The maximum absolute atomic E-state index is 12.4. The lowest BCUT2D eigenvalue weighted by atomic mass is 10.2. The van der Waals surface area contributed by atoms with Gasteiger partial charge < -0.3 is 19.2 Å². The second-order valence-corrected chi connectivity index (χ2v) is 7.15. The standard InChI is InChI=1S/C22H17BrN2O4/c1-27-19-9-5-14(11-20(19)28-2)22-25-17-12-16(8-10-18(17)29-22)24-21(26)13-3-6-15(23)7-4-13/h3-12H,1-2H3,(H,24,26). The molecule has 0 aliphatic carbocycles. The average molecular weight is 453 g/mol. The van der Waals surface area contributed by atoms with Gasteiger partial charge >= 0.3 is 0 Å². The highest BCUT2D eigenvalue weighted by Crippen LogP contribution is 2.33. The predicted molar refractivity (Wildman–Crippen MR) is 115 cm³/mol. The van der Waals surface area contributed by atoms with Gasteiger partial charge in [0.2, 0.25) is 5.89 Å². The SMILES string of the molecule is COc1ccc(-c2nc3cc(NC(=O)c4ccc(Br)cc4)ccc3o2)cc1OC. The van der Waals surface area contributed by atoms with Gasteiger partial charge in [-0.25, -0.2) is 4.98 Å². The molecule has 0 saturated carbocycles. The molecule has 4 rings (SSSR count). The molecule has 3 aromatic carbocycles. The molecule has 1 aromatic heterocycles. The summed E-state index contributed by atoms with van der Waals surface area (Å²) in [5.74, 6) is 1.48. The molecule has 0 atom stereocenters. The summed E-state index contributed by atoms with van der Waals surface area (Å²) in [5.41, 5.74) is 3.23. The summed E-state index contributed by atoms with van der Waals surface area (Å²) in [6.07, 6.45) is 0. The van der Waals surface area contributed by atoms with Crippen molar-refractivity contribution in [3.05, 3.63) is 70.7 Å². The van der Waals surface area contributed by atoms with E-state index in [2.05, 4.69) is 26.2 Å². The average Bonchev–Trinajstić information content (AvgIpc) is 3.17. The fourth-order valence-corrected chi connectivity index (χ4v) is 3.17. The highest BCUT2D eigenvalue weighted by atomic mass is 79.9. The van der Waals surface area contributed by atoms with E-state index in [0.717, 1.165) is 10.0 Å². The molecule has 7 heteroatoms. The molecule has 1 heterocycles. The first-order chi connectivity index (χ1) is 14.1. The molecular formula is C22H17BrN2O4. The zero-order chi connectivity index (χ0) is 20.4. The molecule has 0 spiro atoms. The molecule has 146 valence electrons. The Morgan fingerprint density at radius 2 is 1.72 bits per heavy atom. The van der Waals surface area contributed by atoms with E-state index in [4.69, 9.17) is 13.9 Å². The van der Waals surface area contributed by atoms with Crippen LogP contribution in [0.3, 0.4) is 0 Å². The number of amides is 1. The van der Waals surface area contributed by atoms with Gasteiger partial charge in [-0.3, -0.25) is 4.79 Å². The van der Waals surface area contributed by atoms with E-state index in [1.54, 1.807) is 56.7 Å². The predicted octanol–water partition coefficient (Wildman–Crippen LogP) is 5.53. The normalized spacial score (nSPS) is 10.7. The van der Waals surface area contributed by atoms with Crippen molar-refractivity contribution in [3.8, 4) is 23.0 Å². The zero-order valence-electron chi connectivity index (χ0n) is 15.7. The molecule has 0 saturated heterocycles. The minimum Gasteiger partial charge on any atom is -0.493 e. The van der Waals surface area contributed by atoms with Crippen LogP contribution in [0.2, 0.25) is 0 Å². The number of methoxy groups -OCH3 is 2. The first kappa shape index (κ1) is 19.0. The van der Waals surface area contributed by atoms with Crippen LogP contribution in [0, 0.1) is 0 Å². The van der Waals surface area contributed by atoms with Gasteiger partial charge in [0.05, 0.1) is 14.2 Å². The van der Waals surface area contributed by atoms with Crippen molar-refractivity contribution in [2.24, 2.45) is 0 Å². The number of hydrogen-bond donors (Lipinski definition) is 1. The molecule has 29 heavy (non-hydrogen) atoms. The van der Waals surface area contributed by atoms with Crippen LogP contribution in [0.4, 0.5) is 5.69 Å². The highest BCUT2D eigenvalue weighted by molar-refractivity contribution is 9.10. The third-order valence-electron chi connectivity index (χ3n) is 4.38. The fourth-order valence-electron chi connectivity index (χ4n) is 2.90. The number of nitrogens with one attached hydrogen (secondary N) is 1. The Kier molecular flexibility index (Phi) is 5.22. The molecule has 0 fully saturated rings. The first-order valence-corrected chi connectivity index (χ1v) is 9.56. The third kappa shape index (κ3) is 3.95. The van der Waals surface area contributed by atoms with E-state index in [0.29, 0.717) is 39.7 Å². The molecule has 0 aliphatic rings. The Balaban J connectivity index is 1.61. The number of anilines is 1. The van der Waals surface area contributed by atoms with Crippen LogP contribution in [0.15, 0.2) is 69.6 Å². The topological polar surface area (TPSA) is 73.6 Å². The summed E-state index contributed by atoms with van der Waals surface area (Å²) in [5, 5.41) is 2.88. The molecule has 4 aromatic rings. The maximum Gasteiger partial charge on any atom is 0.255 e. The number of carbonyl (C=O) groups is 1. The Labute approximate surface area is 175 Å². The fraction of sp³-hybridized carbons (Fsp3) is 0.0909. The summed E-state index contributed by atoms with van der Waals surface area (Å²) >= 11 is 3.36. The number of halogens is 1. The van der Waals surface area contributed by atoms with Crippen molar-refractivity contribution >= 4 is 38.6 Å². The number of ether oxygens (including phenoxy) is 2. The van der Waals surface area contributed by atoms with Gasteiger partial charge in [0.15, 0.2) is 17.1 Å². The Bertz CT molecular complexity index is 1190. The maximum atomic E-state index is 12.4. The number of oxazole rings is 1. The molecule has 0 aliphatic heterocycles. The lowest BCUT2D eigenvalue weighted by Gasteiger charge is -2.07. The van der Waals surface area contributed by atoms with E-state index < -0.39 is 0 Å². The molecule has 0 radical (unpaired) electrons. The van der Waals surface area contributed by atoms with Crippen LogP contribution in [-0.2, 0) is 0 Å². The summed E-state index contributed by atoms with van der Waals surface area (Å²) in [7, 11) is 3.16. The number of nitrogens with zero attached hydrogens (tertiary/aromatic N) is 1. The van der Waals surface area contributed by atoms with Gasteiger partial charge in [-0.1, -0.05) is 15.9 Å². The van der Waals surface area contributed by atoms with Crippen LogP contribution < -0.4 is 14.8 Å². The van der Waals surface area contributed by atoms with Gasteiger partial charge in [0.25, 0.3) is 5.91 Å². The second kappa shape index (κ2) is 7.97. The van der Waals surface area contributed by atoms with Crippen molar-refractivity contribution in [2.75, 3.05) is 19.5 Å². The lowest BCUT2D eigenvalue weighted by Crippen LogP contribution is -2.11. The molecule has 0 bridgehead atoms. The summed E-state index contributed by atoms with van der Waals surface area (Å²) in [6, 6.07) is 17.9. The molecule has 0 unspecified atom stereocenters. The number of fused-ring (bicyclic) bond motifs is 1. The summed E-state index contributed by atoms with van der Waals surface area (Å²) in [4.78, 5) is 17.0. The number of benzene rings is 3. The van der Waals surface area contributed by atoms with Crippen molar-refractivity contribution in [1.82, 2.24) is 4.98 Å². The van der Waals surface area contributed by atoms with Gasteiger partial charge in [0, 0.05) is 21.3 Å². The van der Waals surface area contributed by atoms with Crippen molar-refractivity contribution < 1.29 is 18.7 Å². The number of aromatic nitrogens is 1. The minimum atomic E-state index is -0.194. The van der Waals surface area contributed by atoms with Crippen molar-refractivity contribution in [2.45, 2.75) is 0 Å². The molecule has 1 N–H and O–H groups in total. The van der Waals surface area contributed by atoms with Gasteiger partial charge in [-0.05, 0) is 60.7 Å². The minimum absolute atomic E-state index is 0.194. The van der Waals surface area contributed by atoms with Gasteiger partial charge in [-0.15, -0.1) is 0 Å². The molecular weight excluding hydrogens is 436 g/mol. The van der Waals surface area contributed by atoms with Crippen molar-refractivity contribution in [1.29, 1.82) is 0 Å². The molecule has 1 amide bonds. The Hall–Kier alpha value is -3.32. The monoisotopic (exact) mass is 452 g/mol. The number of rotatable bonds is 5. The van der Waals surface area contributed by atoms with E-state index >= 15 is 0 Å². The zero-order valence-corrected chi connectivity index (χ0v) is 17.3. The van der Waals surface area contributed by atoms with E-state index in [1.807, 2.05) is 18.2 Å². The lowest BCUT2D eigenvalue weighted by molar-refractivity contribution is 0.102. The van der Waals surface area contributed by atoms with E-state index in [9.17, 15) is 4.79 Å². The number of hydrogen-bond acceptors (Lipinski definition) is 5. The van der Waals surface area contributed by atoms with Crippen molar-refractivity contribution in [3.63, 3.8) is 0 Å².